The highest BCUT2D eigenvalue weighted by Gasteiger charge is 2.18. The maximum atomic E-state index is 12.2. The third-order valence-electron chi connectivity index (χ3n) is 2.99. The van der Waals surface area contributed by atoms with E-state index in [0.717, 1.165) is 11.3 Å². The summed E-state index contributed by atoms with van der Waals surface area (Å²) in [5.41, 5.74) is -0.216. The molecule has 0 spiro atoms. The van der Waals surface area contributed by atoms with Crippen LogP contribution in [0.4, 0.5) is 5.13 Å². The quantitative estimate of drug-likeness (QED) is 0.524. The van der Waals surface area contributed by atoms with Crippen LogP contribution in [-0.2, 0) is 6.61 Å². The molecule has 3 aromatic rings. The maximum absolute atomic E-state index is 12.2. The van der Waals surface area contributed by atoms with Crippen LogP contribution in [0.2, 0.25) is 0 Å². The number of nitrogens with one attached hydrogen (secondary N) is 1. The molecule has 0 fully saturated rings. The fourth-order valence-corrected chi connectivity index (χ4v) is 3.33. The molecule has 3 rings (SSSR count). The first-order valence-electron chi connectivity index (χ1n) is 6.70. The summed E-state index contributed by atoms with van der Waals surface area (Å²) in [6, 6.07) is 3.02. The van der Waals surface area contributed by atoms with Gasteiger partial charge >= 0.3 is 5.63 Å². The van der Waals surface area contributed by atoms with Crippen LogP contribution < -0.4 is 15.7 Å². The predicted molar refractivity (Wildman–Crippen MR) is 95.2 cm³/mol. The largest absolute Gasteiger partial charge is 0.489 e. The molecule has 0 aliphatic carbocycles. The lowest BCUT2D eigenvalue weighted by molar-refractivity contribution is 0.0991. The number of methoxy groups -OCH3 is 1. The zero-order valence-corrected chi connectivity index (χ0v) is 15.6. The summed E-state index contributed by atoms with van der Waals surface area (Å²) in [5, 5.41) is 24.1. The molecular formula is C13H10IN5O5S. The van der Waals surface area contributed by atoms with E-state index in [1.807, 2.05) is 22.6 Å². The molecule has 12 heteroatoms. The first-order valence-corrected chi connectivity index (χ1v) is 8.59. The molecule has 0 saturated heterocycles. The van der Waals surface area contributed by atoms with Crippen molar-refractivity contribution in [3.8, 4) is 10.9 Å². The van der Waals surface area contributed by atoms with Crippen LogP contribution >= 0.6 is 33.9 Å². The third kappa shape index (κ3) is 3.54. The van der Waals surface area contributed by atoms with Crippen LogP contribution in [0.25, 0.3) is 5.13 Å². The van der Waals surface area contributed by atoms with E-state index >= 15 is 0 Å². The molecule has 10 nitrogen and oxygen atoms in total. The van der Waals surface area contributed by atoms with Gasteiger partial charge in [0.2, 0.25) is 16.0 Å². The Morgan fingerprint density at radius 1 is 1.52 bits per heavy atom. The molecule has 0 saturated carbocycles. The molecule has 0 aromatic carbocycles. The topological polar surface area (TPSA) is 132 Å². The first kappa shape index (κ1) is 17.5. The highest BCUT2D eigenvalue weighted by atomic mass is 127. The fraction of sp³-hybridized carbons (Fsp3) is 0.154. The molecule has 3 aromatic heterocycles. The number of anilines is 1. The lowest BCUT2D eigenvalue weighted by atomic mass is 10.3. The standard InChI is InChI=1S/C13H10IN5O5S/c1-23-9-7(14)4-8(24-11(9)22)10(21)16-12-17-18-13(25-12)19-6(5-20)2-3-15-19/h2-4,20H,5H2,1H3,(H,16,17,21). The van der Waals surface area contributed by atoms with Crippen molar-refractivity contribution >= 4 is 45.0 Å². The van der Waals surface area contributed by atoms with E-state index in [9.17, 15) is 14.7 Å². The van der Waals surface area contributed by atoms with Gasteiger partial charge in [0, 0.05) is 12.3 Å². The molecule has 25 heavy (non-hydrogen) atoms. The minimum absolute atomic E-state index is 0.0329. The summed E-state index contributed by atoms with van der Waals surface area (Å²) in [7, 11) is 1.34. The molecular weight excluding hydrogens is 465 g/mol. The second kappa shape index (κ2) is 7.28. The van der Waals surface area contributed by atoms with E-state index in [0.29, 0.717) is 14.4 Å². The number of aliphatic hydroxyl groups excluding tert-OH is 1. The van der Waals surface area contributed by atoms with Crippen molar-refractivity contribution in [3.63, 3.8) is 0 Å². The highest BCUT2D eigenvalue weighted by molar-refractivity contribution is 14.1. The maximum Gasteiger partial charge on any atom is 0.380 e. The zero-order chi connectivity index (χ0) is 18.0. The van der Waals surface area contributed by atoms with Gasteiger partial charge in [-0.2, -0.15) is 5.10 Å². The van der Waals surface area contributed by atoms with Crippen molar-refractivity contribution in [1.82, 2.24) is 20.0 Å². The number of halogens is 1. The average molecular weight is 475 g/mol. The Balaban J connectivity index is 1.82. The van der Waals surface area contributed by atoms with E-state index in [-0.39, 0.29) is 23.2 Å². The van der Waals surface area contributed by atoms with Gasteiger partial charge in [-0.05, 0) is 28.7 Å². The summed E-state index contributed by atoms with van der Waals surface area (Å²) in [6.45, 7) is -0.212. The lowest BCUT2D eigenvalue weighted by Gasteiger charge is -2.04. The van der Waals surface area contributed by atoms with Gasteiger partial charge in [0.05, 0.1) is 23.0 Å². The number of aromatic nitrogens is 4. The number of carbonyl (C=O) groups excluding carboxylic acids is 1. The number of hydrogen-bond acceptors (Lipinski definition) is 9. The van der Waals surface area contributed by atoms with Gasteiger partial charge in [0.1, 0.15) is 0 Å². The smallest absolute Gasteiger partial charge is 0.380 e. The molecule has 130 valence electrons. The lowest BCUT2D eigenvalue weighted by Crippen LogP contribution is -2.16. The molecule has 0 radical (unpaired) electrons. The van der Waals surface area contributed by atoms with Crippen LogP contribution in [0.1, 0.15) is 16.2 Å². The van der Waals surface area contributed by atoms with Crippen LogP contribution in [0.15, 0.2) is 27.5 Å². The molecule has 0 atom stereocenters. The van der Waals surface area contributed by atoms with Crippen molar-refractivity contribution in [3.05, 3.63) is 43.8 Å². The number of amides is 1. The highest BCUT2D eigenvalue weighted by Crippen LogP contribution is 2.22. The number of aliphatic hydroxyl groups is 1. The number of nitrogens with zero attached hydrogens (tertiary/aromatic N) is 4. The Labute approximate surface area is 157 Å². The average Bonchev–Trinajstić information content (AvgIpc) is 3.22. The normalized spacial score (nSPS) is 10.7. The summed E-state index contributed by atoms with van der Waals surface area (Å²) >= 11 is 2.92. The number of rotatable bonds is 5. The molecule has 0 unspecified atom stereocenters. The Hall–Kier alpha value is -2.32. The summed E-state index contributed by atoms with van der Waals surface area (Å²) < 4.78 is 11.7. The summed E-state index contributed by atoms with van der Waals surface area (Å²) in [4.78, 5) is 24.0. The monoisotopic (exact) mass is 475 g/mol. The molecule has 1 amide bonds. The third-order valence-corrected chi connectivity index (χ3v) is 4.61. The van der Waals surface area contributed by atoms with E-state index in [1.165, 1.54) is 24.1 Å². The van der Waals surface area contributed by atoms with Crippen molar-refractivity contribution in [2.75, 3.05) is 12.4 Å². The van der Waals surface area contributed by atoms with Gasteiger partial charge in [-0.1, -0.05) is 11.3 Å². The summed E-state index contributed by atoms with van der Waals surface area (Å²) in [6.07, 6.45) is 1.51. The number of hydrogen-bond donors (Lipinski definition) is 2. The van der Waals surface area contributed by atoms with Gasteiger partial charge in [0.15, 0.2) is 5.76 Å². The SMILES string of the molecule is COc1c(I)cc(C(=O)Nc2nnc(-n3nccc3CO)s2)oc1=O. The van der Waals surface area contributed by atoms with Crippen molar-refractivity contribution < 1.29 is 19.1 Å². The van der Waals surface area contributed by atoms with Gasteiger partial charge in [-0.15, -0.1) is 10.2 Å². The zero-order valence-electron chi connectivity index (χ0n) is 12.6. The Bertz CT molecular complexity index is 981. The number of carbonyl (C=O) groups is 1. The van der Waals surface area contributed by atoms with Gasteiger partial charge in [-0.3, -0.25) is 10.1 Å². The molecule has 0 bridgehead atoms. The minimum Gasteiger partial charge on any atom is -0.489 e. The van der Waals surface area contributed by atoms with Crippen LogP contribution in [0.3, 0.4) is 0 Å². The van der Waals surface area contributed by atoms with Crippen molar-refractivity contribution in [2.24, 2.45) is 0 Å². The molecule has 3 heterocycles. The van der Waals surface area contributed by atoms with Crippen LogP contribution in [-0.4, -0.2) is 38.1 Å². The second-order valence-electron chi connectivity index (χ2n) is 4.52. The van der Waals surface area contributed by atoms with E-state index < -0.39 is 11.5 Å². The van der Waals surface area contributed by atoms with E-state index in [2.05, 4.69) is 20.6 Å². The summed E-state index contributed by atoms with van der Waals surface area (Å²) in [5.74, 6) is -0.795. The van der Waals surface area contributed by atoms with Crippen LogP contribution in [0.5, 0.6) is 5.75 Å². The van der Waals surface area contributed by atoms with E-state index in [1.54, 1.807) is 6.07 Å². The Morgan fingerprint density at radius 2 is 2.32 bits per heavy atom. The predicted octanol–water partition coefficient (Wildman–Crippen LogP) is 1.03. The van der Waals surface area contributed by atoms with Gasteiger partial charge in [-0.25, -0.2) is 9.48 Å². The molecule has 2 N–H and O–H groups in total. The van der Waals surface area contributed by atoms with Crippen LogP contribution in [0, 0.1) is 3.57 Å². The number of ether oxygens (including phenoxy) is 1. The molecule has 0 aliphatic rings. The second-order valence-corrected chi connectivity index (χ2v) is 6.63. The van der Waals surface area contributed by atoms with Crippen molar-refractivity contribution in [2.45, 2.75) is 6.61 Å². The Kier molecular flexibility index (Phi) is 5.10. The van der Waals surface area contributed by atoms with Gasteiger partial charge < -0.3 is 14.3 Å². The first-order chi connectivity index (χ1) is 12.0. The fourth-order valence-electron chi connectivity index (χ4n) is 1.88. The molecule has 0 aliphatic heterocycles. The van der Waals surface area contributed by atoms with E-state index in [4.69, 9.17) is 9.15 Å². The Morgan fingerprint density at radius 3 is 3.00 bits per heavy atom. The van der Waals surface area contributed by atoms with Gasteiger partial charge in [0.25, 0.3) is 5.91 Å². The van der Waals surface area contributed by atoms with Crippen molar-refractivity contribution in [1.29, 1.82) is 0 Å². The minimum atomic E-state index is -0.748.